The van der Waals surface area contributed by atoms with Crippen molar-refractivity contribution in [1.82, 2.24) is 0 Å². The number of nitrogens with zero attached hydrogens (tertiary/aromatic N) is 1. The highest BCUT2D eigenvalue weighted by atomic mass is 16.3. The highest BCUT2D eigenvalue weighted by molar-refractivity contribution is 6.25. The molecule has 0 amide bonds. The second-order valence-electron chi connectivity index (χ2n) is 14.5. The monoisotopic (exact) mass is 713 g/mol. The first kappa shape index (κ1) is 32.0. The van der Waals surface area contributed by atoms with E-state index in [1.54, 1.807) is 0 Å². The second kappa shape index (κ2) is 13.2. The van der Waals surface area contributed by atoms with Crippen molar-refractivity contribution in [3.8, 4) is 33.4 Å². The van der Waals surface area contributed by atoms with E-state index >= 15 is 0 Å². The van der Waals surface area contributed by atoms with Gasteiger partial charge in [0.25, 0.3) is 0 Å². The molecule has 0 fully saturated rings. The maximum Gasteiger partial charge on any atom is 0.143 e. The molecule has 10 aromatic carbocycles. The predicted octanol–water partition coefficient (Wildman–Crippen LogP) is 15.5. The van der Waals surface area contributed by atoms with Crippen LogP contribution in [0.5, 0.6) is 0 Å². The van der Waals surface area contributed by atoms with Crippen molar-refractivity contribution in [2.45, 2.75) is 0 Å². The van der Waals surface area contributed by atoms with Crippen molar-refractivity contribution in [1.29, 1.82) is 0 Å². The Morgan fingerprint density at radius 1 is 0.268 bits per heavy atom. The topological polar surface area (TPSA) is 16.4 Å². The highest BCUT2D eigenvalue weighted by Crippen LogP contribution is 2.41. The van der Waals surface area contributed by atoms with Gasteiger partial charge in [-0.15, -0.1) is 0 Å². The Labute approximate surface area is 325 Å². The molecule has 2 heteroatoms. The molecule has 2 nitrogen and oxygen atoms in total. The molecule has 0 bridgehead atoms. The van der Waals surface area contributed by atoms with Gasteiger partial charge in [0.1, 0.15) is 11.2 Å². The van der Waals surface area contributed by atoms with Gasteiger partial charge in [-0.05, 0) is 109 Å². The molecule has 262 valence electrons. The minimum atomic E-state index is 0.911. The van der Waals surface area contributed by atoms with Crippen LogP contribution in [0.25, 0.3) is 87.6 Å². The fourth-order valence-electron chi connectivity index (χ4n) is 8.53. The fraction of sp³-hybridized carbons (Fsp3) is 0. The summed E-state index contributed by atoms with van der Waals surface area (Å²) in [5.74, 6) is 0. The average molecular weight is 714 g/mol. The van der Waals surface area contributed by atoms with Gasteiger partial charge in [-0.2, -0.15) is 0 Å². The molecule has 0 radical (unpaired) electrons. The van der Waals surface area contributed by atoms with Crippen molar-refractivity contribution >= 4 is 71.3 Å². The smallest absolute Gasteiger partial charge is 0.143 e. The normalized spacial score (nSPS) is 11.6. The molecule has 0 aliphatic heterocycles. The lowest BCUT2D eigenvalue weighted by molar-refractivity contribution is 0.670. The van der Waals surface area contributed by atoms with E-state index in [-0.39, 0.29) is 0 Å². The van der Waals surface area contributed by atoms with Crippen molar-refractivity contribution in [3.05, 3.63) is 212 Å². The Kier molecular flexibility index (Phi) is 7.53. The lowest BCUT2D eigenvalue weighted by Crippen LogP contribution is -2.09. The number of para-hydroxylation sites is 3. The van der Waals surface area contributed by atoms with Crippen molar-refractivity contribution in [2.75, 3.05) is 4.90 Å². The van der Waals surface area contributed by atoms with Gasteiger partial charge in [0, 0.05) is 33.4 Å². The van der Waals surface area contributed by atoms with Crippen LogP contribution in [0.15, 0.2) is 217 Å². The summed E-state index contributed by atoms with van der Waals surface area (Å²) >= 11 is 0. The molecule has 11 rings (SSSR count). The summed E-state index contributed by atoms with van der Waals surface area (Å²) in [4.78, 5) is 2.31. The fourth-order valence-corrected chi connectivity index (χ4v) is 8.53. The van der Waals surface area contributed by atoms with E-state index in [1.165, 1.54) is 54.6 Å². The van der Waals surface area contributed by atoms with Crippen LogP contribution in [0.1, 0.15) is 0 Å². The molecule has 0 N–H and O–H groups in total. The molecule has 56 heavy (non-hydrogen) atoms. The van der Waals surface area contributed by atoms with Crippen molar-refractivity contribution in [3.63, 3.8) is 0 Å². The third kappa shape index (κ3) is 5.34. The van der Waals surface area contributed by atoms with Crippen LogP contribution in [0.2, 0.25) is 0 Å². The summed E-state index contributed by atoms with van der Waals surface area (Å²) < 4.78 is 6.36. The first-order valence-electron chi connectivity index (χ1n) is 19.2. The van der Waals surface area contributed by atoms with E-state index in [0.717, 1.165) is 50.1 Å². The molecule has 1 heterocycles. The van der Waals surface area contributed by atoms with E-state index in [9.17, 15) is 0 Å². The third-order valence-corrected chi connectivity index (χ3v) is 11.3. The van der Waals surface area contributed by atoms with E-state index < -0.39 is 0 Å². The molecule has 1 aromatic heterocycles. The van der Waals surface area contributed by atoms with E-state index in [1.807, 2.05) is 12.1 Å². The van der Waals surface area contributed by atoms with Gasteiger partial charge in [0.2, 0.25) is 0 Å². The molecule has 0 spiro atoms. The Hall–Kier alpha value is -7.42. The van der Waals surface area contributed by atoms with Crippen LogP contribution in [-0.4, -0.2) is 0 Å². The largest absolute Gasteiger partial charge is 0.455 e. The van der Waals surface area contributed by atoms with Crippen LogP contribution < -0.4 is 4.90 Å². The molecule has 0 saturated heterocycles. The van der Waals surface area contributed by atoms with E-state index in [2.05, 4.69) is 205 Å². The molecule has 0 atom stereocenters. The van der Waals surface area contributed by atoms with E-state index in [0.29, 0.717) is 0 Å². The first-order chi connectivity index (χ1) is 27.8. The lowest BCUT2D eigenvalue weighted by Gasteiger charge is -2.26. The maximum absolute atomic E-state index is 6.36. The van der Waals surface area contributed by atoms with Gasteiger partial charge in [-0.25, -0.2) is 0 Å². The van der Waals surface area contributed by atoms with Gasteiger partial charge in [0.05, 0.1) is 0 Å². The Morgan fingerprint density at radius 2 is 0.696 bits per heavy atom. The van der Waals surface area contributed by atoms with Gasteiger partial charge in [0.15, 0.2) is 0 Å². The highest BCUT2D eigenvalue weighted by Gasteiger charge is 2.16. The number of anilines is 3. The molecular weight excluding hydrogens is 679 g/mol. The second-order valence-corrected chi connectivity index (χ2v) is 14.5. The number of benzene rings is 10. The van der Waals surface area contributed by atoms with Gasteiger partial charge in [-0.1, -0.05) is 164 Å². The van der Waals surface area contributed by atoms with Crippen LogP contribution >= 0.6 is 0 Å². The Morgan fingerprint density at radius 3 is 1.32 bits per heavy atom. The first-order valence-corrected chi connectivity index (χ1v) is 19.2. The molecular formula is C54H35NO. The summed E-state index contributed by atoms with van der Waals surface area (Å²) in [5.41, 5.74) is 12.1. The number of hydrogen-bond donors (Lipinski definition) is 0. The summed E-state index contributed by atoms with van der Waals surface area (Å²) in [7, 11) is 0. The average Bonchev–Trinajstić information content (AvgIpc) is 3.67. The zero-order chi connectivity index (χ0) is 37.0. The van der Waals surface area contributed by atoms with Gasteiger partial charge in [-0.3, -0.25) is 0 Å². The number of hydrogen-bond acceptors (Lipinski definition) is 2. The van der Waals surface area contributed by atoms with Crippen molar-refractivity contribution < 1.29 is 4.42 Å². The quantitative estimate of drug-likeness (QED) is 0.160. The number of rotatable bonds is 6. The van der Waals surface area contributed by atoms with Crippen LogP contribution in [0.3, 0.4) is 0 Å². The maximum atomic E-state index is 6.36. The zero-order valence-corrected chi connectivity index (χ0v) is 30.6. The third-order valence-electron chi connectivity index (χ3n) is 11.3. The summed E-state index contributed by atoms with van der Waals surface area (Å²) in [5, 5.41) is 10.1. The van der Waals surface area contributed by atoms with Gasteiger partial charge >= 0.3 is 0 Å². The molecule has 0 aliphatic rings. The summed E-state index contributed by atoms with van der Waals surface area (Å²) in [6, 6.07) is 76.3. The molecule has 0 unspecified atom stereocenters. The number of furan rings is 1. The predicted molar refractivity (Wildman–Crippen MR) is 237 cm³/mol. The standard InChI is InChI=1S/C54H35NO/c1-2-11-41(12-3-1)55(43-32-27-39(28-33-43)44-18-10-19-51-50-17-8-9-20-53(50)56-54(44)51)42-30-25-37(26-31-42)36-21-23-38(24-22-36)40-29-34-49-47-15-5-4-13-45(47)46-14-6-7-16-48(46)52(49)35-40/h1-35H. The van der Waals surface area contributed by atoms with Crippen LogP contribution in [0, 0.1) is 0 Å². The Bertz CT molecular complexity index is 3180. The SMILES string of the molecule is c1ccc(N(c2ccc(-c3ccc(-c4ccc5c6ccccc6c6ccccc6c5c4)cc3)cc2)c2ccc(-c3cccc4c3oc3ccccc34)cc2)cc1. The minimum Gasteiger partial charge on any atom is -0.455 e. The lowest BCUT2D eigenvalue weighted by atomic mass is 9.92. The van der Waals surface area contributed by atoms with Crippen molar-refractivity contribution in [2.24, 2.45) is 0 Å². The summed E-state index contributed by atoms with van der Waals surface area (Å²) in [6.07, 6.45) is 0. The van der Waals surface area contributed by atoms with Crippen LogP contribution in [0.4, 0.5) is 17.1 Å². The molecule has 11 aromatic rings. The molecule has 0 saturated carbocycles. The van der Waals surface area contributed by atoms with Crippen LogP contribution in [-0.2, 0) is 0 Å². The number of fused-ring (bicyclic) bond motifs is 9. The van der Waals surface area contributed by atoms with E-state index in [4.69, 9.17) is 4.42 Å². The Balaban J connectivity index is 0.905. The van der Waals surface area contributed by atoms with Gasteiger partial charge < -0.3 is 9.32 Å². The zero-order valence-electron chi connectivity index (χ0n) is 30.6. The minimum absolute atomic E-state index is 0.911. The molecule has 0 aliphatic carbocycles. The summed E-state index contributed by atoms with van der Waals surface area (Å²) in [6.45, 7) is 0.